The summed E-state index contributed by atoms with van der Waals surface area (Å²) in [6.07, 6.45) is 3.63. The number of aromatic nitrogens is 3. The Kier molecular flexibility index (Phi) is 8.54. The van der Waals surface area contributed by atoms with E-state index in [1.165, 1.54) is 37.3 Å². The van der Waals surface area contributed by atoms with Crippen LogP contribution < -0.4 is 0 Å². The first kappa shape index (κ1) is 26.7. The number of likely N-dealkylation sites (N-methyl/N-ethyl adjacent to an activating group) is 1. The summed E-state index contributed by atoms with van der Waals surface area (Å²) in [6, 6.07) is 25.2. The molecule has 4 aromatic rings. The van der Waals surface area contributed by atoms with Crippen molar-refractivity contribution in [2.75, 3.05) is 72.5 Å². The van der Waals surface area contributed by atoms with Gasteiger partial charge < -0.3 is 4.90 Å². The Morgan fingerprint density at radius 3 is 1.60 bits per heavy atom. The largest absolute Gasteiger partial charge is 0.304 e. The van der Waals surface area contributed by atoms with Crippen LogP contribution >= 0.6 is 0 Å². The van der Waals surface area contributed by atoms with E-state index in [4.69, 9.17) is 4.98 Å². The van der Waals surface area contributed by atoms with Gasteiger partial charge in [0.05, 0.1) is 22.8 Å². The number of pyridine rings is 3. The summed E-state index contributed by atoms with van der Waals surface area (Å²) < 4.78 is 0. The topological polar surface area (TPSA) is 51.6 Å². The van der Waals surface area contributed by atoms with Gasteiger partial charge in [-0.3, -0.25) is 24.7 Å². The highest BCUT2D eigenvalue weighted by Gasteiger charge is 2.19. The third-order valence-electron chi connectivity index (χ3n) is 8.17. The Labute approximate surface area is 238 Å². The number of nitrogens with zero attached hydrogens (tertiary/aromatic N) is 7. The van der Waals surface area contributed by atoms with Crippen LogP contribution in [0.4, 0.5) is 0 Å². The second kappa shape index (κ2) is 12.8. The van der Waals surface area contributed by atoms with Crippen LogP contribution in [-0.4, -0.2) is 107 Å². The third-order valence-corrected chi connectivity index (χ3v) is 8.17. The lowest BCUT2D eigenvalue weighted by molar-refractivity contribution is 0.184. The predicted octanol–water partition coefficient (Wildman–Crippen LogP) is 4.24. The van der Waals surface area contributed by atoms with Gasteiger partial charge in [-0.15, -0.1) is 0 Å². The lowest BCUT2D eigenvalue weighted by Gasteiger charge is -2.28. The zero-order valence-electron chi connectivity index (χ0n) is 23.5. The van der Waals surface area contributed by atoms with Crippen LogP contribution in [0.2, 0.25) is 0 Å². The lowest BCUT2D eigenvalue weighted by atomic mass is 10.0. The maximum absolute atomic E-state index is 4.92. The summed E-state index contributed by atoms with van der Waals surface area (Å²) in [5.41, 5.74) is 7.09. The van der Waals surface area contributed by atoms with Crippen molar-refractivity contribution in [3.8, 4) is 33.9 Å². The number of hydrogen-bond donors (Lipinski definition) is 0. The maximum Gasteiger partial charge on any atom is 0.0900 e. The van der Waals surface area contributed by atoms with Crippen molar-refractivity contribution in [2.45, 2.75) is 6.54 Å². The van der Waals surface area contributed by atoms with Gasteiger partial charge in [0, 0.05) is 84.4 Å². The molecule has 2 aliphatic rings. The van der Waals surface area contributed by atoms with Crippen LogP contribution in [0.25, 0.3) is 33.9 Å². The van der Waals surface area contributed by atoms with Gasteiger partial charge in [0.15, 0.2) is 0 Å². The second-order valence-electron chi connectivity index (χ2n) is 11.0. The van der Waals surface area contributed by atoms with Gasteiger partial charge in [0.1, 0.15) is 0 Å². The molecule has 2 unspecified atom stereocenters. The molecule has 2 fully saturated rings. The summed E-state index contributed by atoms with van der Waals surface area (Å²) in [6.45, 7) is 12.5. The van der Waals surface area contributed by atoms with E-state index in [1.54, 1.807) is 0 Å². The molecule has 1 aromatic carbocycles. The SMILES string of the molecule is CN1CCN2CCN(CC1)CCN(Cc1ccc(-c3cc(-c4ccccn4)nc(-c4ccccn4)c3)cc1)CC2. The molecule has 5 heterocycles. The number of fused-ring (bicyclic) bond motifs is 3. The Morgan fingerprint density at radius 2 is 1.07 bits per heavy atom. The molecule has 7 nitrogen and oxygen atoms in total. The molecule has 2 bridgehead atoms. The first-order valence-electron chi connectivity index (χ1n) is 14.5. The average Bonchev–Trinajstić information content (AvgIpc) is 3.16. The zero-order valence-corrected chi connectivity index (χ0v) is 23.5. The fourth-order valence-electron chi connectivity index (χ4n) is 5.57. The minimum absolute atomic E-state index is 0.855. The molecule has 0 saturated carbocycles. The van der Waals surface area contributed by atoms with E-state index in [0.29, 0.717) is 0 Å². The van der Waals surface area contributed by atoms with Crippen LogP contribution in [0.3, 0.4) is 0 Å². The number of hydrogen-bond acceptors (Lipinski definition) is 7. The van der Waals surface area contributed by atoms with E-state index in [-0.39, 0.29) is 0 Å². The summed E-state index contributed by atoms with van der Waals surface area (Å²) in [4.78, 5) is 24.4. The highest BCUT2D eigenvalue weighted by molar-refractivity contribution is 5.74. The van der Waals surface area contributed by atoms with Crippen LogP contribution in [0, 0.1) is 0 Å². The Bertz CT molecular complexity index is 1280. The van der Waals surface area contributed by atoms with Crippen LogP contribution in [0.1, 0.15) is 5.56 Å². The van der Waals surface area contributed by atoms with Crippen molar-refractivity contribution < 1.29 is 0 Å². The first-order valence-corrected chi connectivity index (χ1v) is 14.5. The minimum atomic E-state index is 0.855. The van der Waals surface area contributed by atoms with Crippen molar-refractivity contribution >= 4 is 0 Å². The van der Waals surface area contributed by atoms with E-state index in [9.17, 15) is 0 Å². The normalized spacial score (nSPS) is 21.0. The molecule has 7 heteroatoms. The summed E-state index contributed by atoms with van der Waals surface area (Å²) >= 11 is 0. The van der Waals surface area contributed by atoms with Gasteiger partial charge in [-0.1, -0.05) is 36.4 Å². The molecule has 2 aliphatic heterocycles. The summed E-state index contributed by atoms with van der Waals surface area (Å²) in [7, 11) is 2.26. The molecule has 2 atom stereocenters. The number of benzene rings is 1. The van der Waals surface area contributed by atoms with Gasteiger partial charge >= 0.3 is 0 Å². The highest BCUT2D eigenvalue weighted by Crippen LogP contribution is 2.29. The molecule has 0 radical (unpaired) electrons. The molecule has 40 heavy (non-hydrogen) atoms. The quantitative estimate of drug-likeness (QED) is 0.380. The predicted molar refractivity (Wildman–Crippen MR) is 162 cm³/mol. The van der Waals surface area contributed by atoms with Gasteiger partial charge in [-0.2, -0.15) is 0 Å². The van der Waals surface area contributed by atoms with E-state index in [0.717, 1.165) is 74.2 Å². The van der Waals surface area contributed by atoms with Gasteiger partial charge in [0.2, 0.25) is 0 Å². The van der Waals surface area contributed by atoms with Gasteiger partial charge in [-0.05, 0) is 60.1 Å². The van der Waals surface area contributed by atoms with Crippen molar-refractivity contribution in [1.29, 1.82) is 0 Å². The van der Waals surface area contributed by atoms with E-state index in [2.05, 4.69) is 73.0 Å². The summed E-state index contributed by atoms with van der Waals surface area (Å²) in [5, 5.41) is 0. The monoisotopic (exact) mass is 533 g/mol. The molecule has 0 aliphatic carbocycles. The standard InChI is InChI=1S/C33H39N7/c1-37-14-16-38-18-19-39(17-15-37)21-23-40(22-20-38)26-27-8-10-28(11-9-27)29-24-32(30-6-2-4-12-34-30)36-33(25-29)31-7-3-5-13-35-31/h2-13,24-25H,14-23,26H2,1H3. The Hall–Kier alpha value is -3.49. The molecule has 0 spiro atoms. The van der Waals surface area contributed by atoms with Crippen molar-refractivity contribution in [3.05, 3.63) is 90.8 Å². The first-order chi connectivity index (χ1) is 19.7. The van der Waals surface area contributed by atoms with E-state index < -0.39 is 0 Å². The van der Waals surface area contributed by atoms with Crippen LogP contribution in [0.5, 0.6) is 0 Å². The van der Waals surface area contributed by atoms with E-state index in [1.807, 2.05) is 48.8 Å². The average molecular weight is 534 g/mol. The minimum Gasteiger partial charge on any atom is -0.304 e. The summed E-state index contributed by atoms with van der Waals surface area (Å²) in [5.74, 6) is 0. The molecule has 6 rings (SSSR count). The van der Waals surface area contributed by atoms with Crippen molar-refractivity contribution in [2.24, 2.45) is 0 Å². The number of rotatable bonds is 5. The fourth-order valence-corrected chi connectivity index (χ4v) is 5.57. The maximum atomic E-state index is 4.92. The Balaban J connectivity index is 1.21. The molecular weight excluding hydrogens is 494 g/mol. The lowest BCUT2D eigenvalue weighted by Crippen LogP contribution is -2.40. The van der Waals surface area contributed by atoms with E-state index >= 15 is 0 Å². The van der Waals surface area contributed by atoms with Gasteiger partial charge in [-0.25, -0.2) is 4.98 Å². The van der Waals surface area contributed by atoms with Crippen LogP contribution in [0.15, 0.2) is 85.2 Å². The molecule has 0 amide bonds. The zero-order chi connectivity index (χ0) is 27.1. The smallest absolute Gasteiger partial charge is 0.0900 e. The molecular formula is C33H39N7. The highest BCUT2D eigenvalue weighted by atomic mass is 15.3. The van der Waals surface area contributed by atoms with Crippen molar-refractivity contribution in [3.63, 3.8) is 0 Å². The van der Waals surface area contributed by atoms with Gasteiger partial charge in [0.25, 0.3) is 0 Å². The molecule has 3 aromatic heterocycles. The second-order valence-corrected chi connectivity index (χ2v) is 11.0. The molecule has 2 saturated heterocycles. The third kappa shape index (κ3) is 6.80. The molecule has 206 valence electrons. The van der Waals surface area contributed by atoms with Crippen LogP contribution in [-0.2, 0) is 6.54 Å². The molecule has 0 N–H and O–H groups in total. The fraction of sp³-hybridized carbons (Fsp3) is 0.364. The Morgan fingerprint density at radius 1 is 0.550 bits per heavy atom. The van der Waals surface area contributed by atoms with Crippen molar-refractivity contribution in [1.82, 2.24) is 34.6 Å².